The highest BCUT2D eigenvalue weighted by Crippen LogP contribution is 2.25. The average molecular weight is 277 g/mol. The maximum atomic E-state index is 4.48. The Bertz CT molecular complexity index is 777. The lowest BCUT2D eigenvalue weighted by molar-refractivity contribution is 1.08. The van der Waals surface area contributed by atoms with E-state index in [0.29, 0.717) is 12.0 Å². The third kappa shape index (κ3) is 2.63. The van der Waals surface area contributed by atoms with Crippen molar-refractivity contribution in [2.75, 3.05) is 10.6 Å². The van der Waals surface area contributed by atoms with Gasteiger partial charge < -0.3 is 10.6 Å². The summed E-state index contributed by atoms with van der Waals surface area (Å²) in [4.78, 5) is 13.1. The number of fused-ring (bicyclic) bond motifs is 1. The summed E-state index contributed by atoms with van der Waals surface area (Å²) in [5.41, 5.74) is 0. The summed E-state index contributed by atoms with van der Waals surface area (Å²) in [6.07, 6.45) is 5.98. The molecule has 1 aromatic carbocycles. The van der Waals surface area contributed by atoms with Gasteiger partial charge in [0, 0.05) is 23.8 Å². The van der Waals surface area contributed by atoms with Gasteiger partial charge in [0.1, 0.15) is 11.6 Å². The van der Waals surface area contributed by atoms with Crippen molar-refractivity contribution in [2.24, 2.45) is 0 Å². The van der Waals surface area contributed by atoms with Crippen LogP contribution in [0.25, 0.3) is 10.8 Å². The van der Waals surface area contributed by atoms with Crippen LogP contribution in [0.3, 0.4) is 0 Å². The van der Waals surface area contributed by atoms with Crippen LogP contribution in [-0.4, -0.2) is 21.0 Å². The zero-order valence-electron chi connectivity index (χ0n) is 11.5. The first-order chi connectivity index (χ1) is 10.4. The largest absolute Gasteiger partial charge is 0.367 e. The van der Waals surface area contributed by atoms with E-state index in [1.54, 1.807) is 12.4 Å². The molecule has 0 unspecified atom stereocenters. The van der Waals surface area contributed by atoms with Crippen molar-refractivity contribution in [2.45, 2.75) is 18.9 Å². The molecular weight excluding hydrogens is 262 g/mol. The van der Waals surface area contributed by atoms with Gasteiger partial charge in [0.2, 0.25) is 5.95 Å². The van der Waals surface area contributed by atoms with Gasteiger partial charge in [0.05, 0.1) is 0 Å². The molecule has 0 spiro atoms. The summed E-state index contributed by atoms with van der Waals surface area (Å²) in [6.45, 7) is 0. The van der Waals surface area contributed by atoms with Crippen molar-refractivity contribution in [1.29, 1.82) is 0 Å². The Morgan fingerprint density at radius 1 is 0.952 bits per heavy atom. The molecule has 2 aromatic heterocycles. The number of benzene rings is 1. The summed E-state index contributed by atoms with van der Waals surface area (Å²) >= 11 is 0. The Morgan fingerprint density at radius 2 is 1.81 bits per heavy atom. The van der Waals surface area contributed by atoms with Crippen LogP contribution in [0.1, 0.15) is 12.8 Å². The molecule has 0 amide bonds. The van der Waals surface area contributed by atoms with Crippen molar-refractivity contribution in [3.63, 3.8) is 0 Å². The first kappa shape index (κ1) is 12.1. The predicted molar refractivity (Wildman–Crippen MR) is 83.7 cm³/mol. The van der Waals surface area contributed by atoms with Gasteiger partial charge in [-0.25, -0.2) is 9.97 Å². The zero-order valence-corrected chi connectivity index (χ0v) is 11.5. The molecule has 5 nitrogen and oxygen atoms in total. The van der Waals surface area contributed by atoms with Crippen LogP contribution in [0.2, 0.25) is 0 Å². The summed E-state index contributed by atoms with van der Waals surface area (Å²) in [5.74, 6) is 2.19. The summed E-state index contributed by atoms with van der Waals surface area (Å²) in [7, 11) is 0. The number of hydrogen-bond acceptors (Lipinski definition) is 5. The van der Waals surface area contributed by atoms with E-state index < -0.39 is 0 Å². The van der Waals surface area contributed by atoms with Crippen molar-refractivity contribution in [1.82, 2.24) is 15.0 Å². The van der Waals surface area contributed by atoms with Crippen LogP contribution in [0.5, 0.6) is 0 Å². The fourth-order valence-corrected chi connectivity index (χ4v) is 2.26. The zero-order chi connectivity index (χ0) is 14.1. The van der Waals surface area contributed by atoms with Crippen LogP contribution in [0, 0.1) is 0 Å². The van der Waals surface area contributed by atoms with Crippen LogP contribution in [0.4, 0.5) is 17.6 Å². The maximum absolute atomic E-state index is 4.48. The molecule has 0 bridgehead atoms. The molecule has 0 saturated heterocycles. The highest BCUT2D eigenvalue weighted by molar-refractivity contribution is 5.92. The number of rotatable bonds is 4. The van der Waals surface area contributed by atoms with E-state index in [1.807, 2.05) is 30.3 Å². The Balaban J connectivity index is 1.64. The van der Waals surface area contributed by atoms with Gasteiger partial charge in [-0.3, -0.25) is 0 Å². The number of nitrogens with one attached hydrogen (secondary N) is 2. The molecule has 0 aliphatic heterocycles. The van der Waals surface area contributed by atoms with E-state index in [-0.39, 0.29) is 0 Å². The van der Waals surface area contributed by atoms with E-state index in [9.17, 15) is 0 Å². The van der Waals surface area contributed by atoms with Crippen LogP contribution < -0.4 is 10.6 Å². The standard InChI is InChI=1S/C16H15N5/c1-2-4-13-11(3-1)7-9-17-15(13)21-16-18-10-8-14(20-16)19-12-5-6-12/h1-4,7-10,12H,5-6H2,(H2,17,18,19,20,21). The fourth-order valence-electron chi connectivity index (χ4n) is 2.26. The molecule has 2 heterocycles. The van der Waals surface area contributed by atoms with Crippen LogP contribution in [-0.2, 0) is 0 Å². The van der Waals surface area contributed by atoms with E-state index in [0.717, 1.165) is 22.4 Å². The van der Waals surface area contributed by atoms with Gasteiger partial charge in [0.25, 0.3) is 0 Å². The second-order valence-electron chi connectivity index (χ2n) is 5.19. The first-order valence-electron chi connectivity index (χ1n) is 7.09. The van der Waals surface area contributed by atoms with E-state index in [4.69, 9.17) is 0 Å². The van der Waals surface area contributed by atoms with E-state index >= 15 is 0 Å². The minimum absolute atomic E-state index is 0.560. The molecule has 0 atom stereocenters. The SMILES string of the molecule is c1ccc2c(Nc3nccc(NC4CC4)n3)nccc2c1. The lowest BCUT2D eigenvalue weighted by atomic mass is 10.1. The molecule has 2 N–H and O–H groups in total. The lowest BCUT2D eigenvalue weighted by Crippen LogP contribution is -2.06. The minimum atomic E-state index is 0.560. The first-order valence-corrected chi connectivity index (χ1v) is 7.09. The van der Waals surface area contributed by atoms with Gasteiger partial charge >= 0.3 is 0 Å². The molecule has 1 aliphatic rings. The van der Waals surface area contributed by atoms with Gasteiger partial charge in [-0.05, 0) is 30.4 Å². The third-order valence-corrected chi connectivity index (χ3v) is 3.49. The highest BCUT2D eigenvalue weighted by atomic mass is 15.2. The number of aromatic nitrogens is 3. The molecule has 104 valence electrons. The Kier molecular flexibility index (Phi) is 2.88. The van der Waals surface area contributed by atoms with Crippen molar-refractivity contribution < 1.29 is 0 Å². The number of anilines is 3. The second-order valence-corrected chi connectivity index (χ2v) is 5.19. The average Bonchev–Trinajstić information content (AvgIpc) is 3.32. The quantitative estimate of drug-likeness (QED) is 0.765. The molecule has 3 aromatic rings. The van der Waals surface area contributed by atoms with E-state index in [2.05, 4.69) is 31.7 Å². The van der Waals surface area contributed by atoms with Crippen LogP contribution >= 0.6 is 0 Å². The van der Waals surface area contributed by atoms with Gasteiger partial charge in [0.15, 0.2) is 0 Å². The minimum Gasteiger partial charge on any atom is -0.367 e. The van der Waals surface area contributed by atoms with Gasteiger partial charge in [-0.1, -0.05) is 24.3 Å². The third-order valence-electron chi connectivity index (χ3n) is 3.49. The molecule has 1 fully saturated rings. The topological polar surface area (TPSA) is 62.7 Å². The second kappa shape index (κ2) is 5.01. The van der Waals surface area contributed by atoms with Gasteiger partial charge in [-0.15, -0.1) is 0 Å². The maximum Gasteiger partial charge on any atom is 0.230 e. The van der Waals surface area contributed by atoms with Crippen molar-refractivity contribution in [3.8, 4) is 0 Å². The molecule has 4 rings (SSSR count). The molecular formula is C16H15N5. The smallest absolute Gasteiger partial charge is 0.230 e. The molecule has 1 saturated carbocycles. The predicted octanol–water partition coefficient (Wildman–Crippen LogP) is 3.34. The summed E-state index contributed by atoms with van der Waals surface area (Å²) in [6, 6.07) is 12.6. The molecule has 21 heavy (non-hydrogen) atoms. The molecule has 0 radical (unpaired) electrons. The Hall–Kier alpha value is -2.69. The van der Waals surface area contributed by atoms with Crippen molar-refractivity contribution in [3.05, 3.63) is 48.8 Å². The lowest BCUT2D eigenvalue weighted by Gasteiger charge is -2.09. The molecule has 1 aliphatic carbocycles. The fraction of sp³-hybridized carbons (Fsp3) is 0.188. The molecule has 5 heteroatoms. The number of pyridine rings is 1. The van der Waals surface area contributed by atoms with Crippen molar-refractivity contribution >= 4 is 28.4 Å². The Labute approximate surface area is 122 Å². The normalized spacial score (nSPS) is 14.1. The summed E-state index contributed by atoms with van der Waals surface area (Å²) < 4.78 is 0. The Morgan fingerprint density at radius 3 is 2.71 bits per heavy atom. The summed E-state index contributed by atoms with van der Waals surface area (Å²) in [5, 5.41) is 8.78. The number of nitrogens with zero attached hydrogens (tertiary/aromatic N) is 3. The van der Waals surface area contributed by atoms with Crippen LogP contribution in [0.15, 0.2) is 48.8 Å². The number of hydrogen-bond donors (Lipinski definition) is 2. The van der Waals surface area contributed by atoms with E-state index in [1.165, 1.54) is 12.8 Å². The van der Waals surface area contributed by atoms with Gasteiger partial charge in [-0.2, -0.15) is 4.98 Å². The highest BCUT2D eigenvalue weighted by Gasteiger charge is 2.21. The monoisotopic (exact) mass is 277 g/mol.